The minimum Gasteiger partial charge on any atom is -0.389 e. The molecular formula is C17H32N2O. The number of nitrogens with zero attached hydrogens (tertiary/aromatic N) is 1. The molecular weight excluding hydrogens is 248 g/mol. The summed E-state index contributed by atoms with van der Waals surface area (Å²) < 4.78 is 0. The van der Waals surface area contributed by atoms with Crippen LogP contribution < -0.4 is 5.32 Å². The number of likely N-dealkylation sites (tertiary alicyclic amines) is 1. The molecule has 0 aromatic heterocycles. The number of hydrogen-bond donors (Lipinski definition) is 2. The van der Waals surface area contributed by atoms with Crippen LogP contribution in [0.4, 0.5) is 0 Å². The van der Waals surface area contributed by atoms with E-state index < -0.39 is 5.60 Å². The molecule has 2 fully saturated rings. The Hall–Kier alpha value is -0.380. The summed E-state index contributed by atoms with van der Waals surface area (Å²) in [7, 11) is 0. The molecule has 1 aliphatic heterocycles. The predicted octanol–water partition coefficient (Wildman–Crippen LogP) is 2.70. The number of piperidine rings is 1. The molecule has 0 unspecified atom stereocenters. The Bertz CT molecular complexity index is 309. The highest BCUT2D eigenvalue weighted by molar-refractivity contribution is 4.96. The van der Waals surface area contributed by atoms with Crippen LogP contribution in [-0.2, 0) is 0 Å². The summed E-state index contributed by atoms with van der Waals surface area (Å²) in [5.41, 5.74) is 0.988. The summed E-state index contributed by atoms with van der Waals surface area (Å²) in [6.45, 7) is 8.59. The molecule has 20 heavy (non-hydrogen) atoms. The van der Waals surface area contributed by atoms with Crippen molar-refractivity contribution in [1.29, 1.82) is 0 Å². The SMILES string of the molecule is CC(C)=CCN1CCC(NCC2(O)CCCCC2)CC1. The standard InChI is InChI=1S/C17H32N2O/c1-15(2)6-11-19-12-7-16(8-13-19)18-14-17(20)9-4-3-5-10-17/h6,16,18,20H,3-5,7-14H2,1-2H3. The van der Waals surface area contributed by atoms with Gasteiger partial charge in [-0.1, -0.05) is 30.9 Å². The van der Waals surface area contributed by atoms with Gasteiger partial charge in [0.15, 0.2) is 0 Å². The van der Waals surface area contributed by atoms with Crippen LogP contribution >= 0.6 is 0 Å². The molecule has 2 rings (SSSR count). The van der Waals surface area contributed by atoms with Crippen LogP contribution in [0, 0.1) is 0 Å². The minimum absolute atomic E-state index is 0.419. The van der Waals surface area contributed by atoms with Gasteiger partial charge < -0.3 is 10.4 Å². The molecule has 0 amide bonds. The van der Waals surface area contributed by atoms with Gasteiger partial charge in [0, 0.05) is 19.1 Å². The van der Waals surface area contributed by atoms with Crippen molar-refractivity contribution in [2.75, 3.05) is 26.2 Å². The Kier molecular flexibility index (Phi) is 6.06. The summed E-state index contributed by atoms with van der Waals surface area (Å²) in [5, 5.41) is 14.1. The lowest BCUT2D eigenvalue weighted by molar-refractivity contribution is 0.000872. The lowest BCUT2D eigenvalue weighted by Crippen LogP contribution is -2.49. The first-order valence-corrected chi connectivity index (χ1v) is 8.39. The molecule has 1 aliphatic carbocycles. The van der Waals surface area contributed by atoms with E-state index in [0.29, 0.717) is 6.04 Å². The minimum atomic E-state index is -0.419. The Morgan fingerprint density at radius 3 is 2.45 bits per heavy atom. The van der Waals surface area contributed by atoms with E-state index in [1.807, 2.05) is 0 Å². The second-order valence-corrected chi connectivity index (χ2v) is 7.02. The molecule has 3 heteroatoms. The highest BCUT2D eigenvalue weighted by Gasteiger charge is 2.30. The first-order valence-electron chi connectivity index (χ1n) is 8.39. The van der Waals surface area contributed by atoms with Crippen molar-refractivity contribution in [1.82, 2.24) is 10.2 Å². The molecule has 0 atom stereocenters. The van der Waals surface area contributed by atoms with E-state index in [-0.39, 0.29) is 0 Å². The van der Waals surface area contributed by atoms with E-state index in [1.165, 1.54) is 50.8 Å². The number of hydrogen-bond acceptors (Lipinski definition) is 3. The van der Waals surface area contributed by atoms with Crippen LogP contribution in [0.2, 0.25) is 0 Å². The quantitative estimate of drug-likeness (QED) is 0.760. The molecule has 0 spiro atoms. The molecule has 1 saturated heterocycles. The first-order chi connectivity index (χ1) is 9.57. The van der Waals surface area contributed by atoms with Crippen molar-refractivity contribution >= 4 is 0 Å². The highest BCUT2D eigenvalue weighted by atomic mass is 16.3. The Morgan fingerprint density at radius 2 is 1.85 bits per heavy atom. The zero-order valence-electron chi connectivity index (χ0n) is 13.3. The maximum absolute atomic E-state index is 10.5. The van der Waals surface area contributed by atoms with E-state index in [0.717, 1.165) is 25.9 Å². The monoisotopic (exact) mass is 280 g/mol. The van der Waals surface area contributed by atoms with Crippen molar-refractivity contribution in [3.05, 3.63) is 11.6 Å². The molecule has 0 bridgehead atoms. The molecule has 0 aromatic carbocycles. The Balaban J connectivity index is 1.65. The molecule has 2 aliphatic rings. The number of allylic oxidation sites excluding steroid dienone is 1. The van der Waals surface area contributed by atoms with E-state index >= 15 is 0 Å². The molecule has 116 valence electrons. The van der Waals surface area contributed by atoms with Crippen LogP contribution in [0.3, 0.4) is 0 Å². The van der Waals surface area contributed by atoms with Crippen LogP contribution in [0.1, 0.15) is 58.8 Å². The maximum atomic E-state index is 10.5. The van der Waals surface area contributed by atoms with Gasteiger partial charge in [-0.3, -0.25) is 4.90 Å². The highest BCUT2D eigenvalue weighted by Crippen LogP contribution is 2.27. The zero-order chi connectivity index (χ0) is 14.4. The van der Waals surface area contributed by atoms with Gasteiger partial charge in [-0.25, -0.2) is 0 Å². The fraction of sp³-hybridized carbons (Fsp3) is 0.882. The van der Waals surface area contributed by atoms with Gasteiger partial charge in [-0.05, 0) is 52.6 Å². The summed E-state index contributed by atoms with van der Waals surface area (Å²) in [6, 6.07) is 0.601. The van der Waals surface area contributed by atoms with Gasteiger partial charge in [0.2, 0.25) is 0 Å². The van der Waals surface area contributed by atoms with Gasteiger partial charge in [-0.15, -0.1) is 0 Å². The summed E-state index contributed by atoms with van der Waals surface area (Å²) in [6.07, 6.45) is 10.4. The maximum Gasteiger partial charge on any atom is 0.0771 e. The van der Waals surface area contributed by atoms with Gasteiger partial charge in [0.1, 0.15) is 0 Å². The fourth-order valence-corrected chi connectivity index (χ4v) is 3.35. The second kappa shape index (κ2) is 7.58. The first kappa shape index (κ1) is 16.0. The Morgan fingerprint density at radius 1 is 1.20 bits per heavy atom. The zero-order valence-corrected chi connectivity index (χ0v) is 13.3. The third-order valence-electron chi connectivity index (χ3n) is 4.85. The lowest BCUT2D eigenvalue weighted by atomic mass is 9.84. The molecule has 2 N–H and O–H groups in total. The molecule has 3 nitrogen and oxygen atoms in total. The number of rotatable bonds is 5. The van der Waals surface area contributed by atoms with Crippen molar-refractivity contribution in [3.63, 3.8) is 0 Å². The third-order valence-corrected chi connectivity index (χ3v) is 4.85. The summed E-state index contributed by atoms with van der Waals surface area (Å²) >= 11 is 0. The number of aliphatic hydroxyl groups is 1. The average molecular weight is 280 g/mol. The van der Waals surface area contributed by atoms with Gasteiger partial charge in [0.25, 0.3) is 0 Å². The van der Waals surface area contributed by atoms with Crippen LogP contribution in [-0.4, -0.2) is 47.8 Å². The fourth-order valence-electron chi connectivity index (χ4n) is 3.35. The van der Waals surface area contributed by atoms with E-state index in [4.69, 9.17) is 0 Å². The second-order valence-electron chi connectivity index (χ2n) is 7.02. The lowest BCUT2D eigenvalue weighted by Gasteiger charge is -2.36. The molecule has 0 aromatic rings. The average Bonchev–Trinajstić information content (AvgIpc) is 2.45. The van der Waals surface area contributed by atoms with Crippen LogP contribution in [0.15, 0.2) is 11.6 Å². The smallest absolute Gasteiger partial charge is 0.0771 e. The van der Waals surface area contributed by atoms with Crippen LogP contribution in [0.5, 0.6) is 0 Å². The van der Waals surface area contributed by atoms with Gasteiger partial charge in [0.05, 0.1) is 5.60 Å². The molecule has 1 heterocycles. The van der Waals surface area contributed by atoms with E-state index in [2.05, 4.69) is 30.1 Å². The van der Waals surface area contributed by atoms with Crippen molar-refractivity contribution < 1.29 is 5.11 Å². The van der Waals surface area contributed by atoms with Crippen molar-refractivity contribution in [3.8, 4) is 0 Å². The molecule has 1 saturated carbocycles. The largest absolute Gasteiger partial charge is 0.389 e. The normalized spacial score (nSPS) is 24.6. The predicted molar refractivity (Wildman–Crippen MR) is 84.9 cm³/mol. The van der Waals surface area contributed by atoms with Gasteiger partial charge >= 0.3 is 0 Å². The molecule has 0 radical (unpaired) electrons. The van der Waals surface area contributed by atoms with Gasteiger partial charge in [-0.2, -0.15) is 0 Å². The van der Waals surface area contributed by atoms with Crippen LogP contribution in [0.25, 0.3) is 0 Å². The summed E-state index contributed by atoms with van der Waals surface area (Å²) in [4.78, 5) is 2.53. The van der Waals surface area contributed by atoms with Crippen molar-refractivity contribution in [2.45, 2.75) is 70.4 Å². The summed E-state index contributed by atoms with van der Waals surface area (Å²) in [5.74, 6) is 0. The Labute approximate surface area is 124 Å². The topological polar surface area (TPSA) is 35.5 Å². The van der Waals surface area contributed by atoms with E-state index in [9.17, 15) is 5.11 Å². The third kappa shape index (κ3) is 5.19. The number of nitrogens with one attached hydrogen (secondary N) is 1. The van der Waals surface area contributed by atoms with E-state index in [1.54, 1.807) is 0 Å². The van der Waals surface area contributed by atoms with Crippen molar-refractivity contribution in [2.24, 2.45) is 0 Å².